The van der Waals surface area contributed by atoms with Gasteiger partial charge in [-0.2, -0.15) is 0 Å². The number of ether oxygens (including phenoxy) is 2. The second kappa shape index (κ2) is 6.24. The van der Waals surface area contributed by atoms with E-state index in [1.807, 2.05) is 0 Å². The quantitative estimate of drug-likeness (QED) is 0.422. The third-order valence-electron chi connectivity index (χ3n) is 8.07. The zero-order valence-electron chi connectivity index (χ0n) is 16.1. The minimum Gasteiger partial charge on any atom is -0.464 e. The summed E-state index contributed by atoms with van der Waals surface area (Å²) in [4.78, 5) is 22.2. The summed E-state index contributed by atoms with van der Waals surface area (Å²) >= 11 is 0. The summed E-state index contributed by atoms with van der Waals surface area (Å²) in [5, 5.41) is 0. The maximum atomic E-state index is 11.5. The zero-order valence-corrected chi connectivity index (χ0v) is 16.1. The molecule has 2 fully saturated rings. The van der Waals surface area contributed by atoms with E-state index < -0.39 is 0 Å². The standard InChI is InChI=1S/C22H30O4/c1-14(24)26-20-7-6-18-17-5-4-15-12-16(25-13-23)8-10-21(15,2)19(17)9-11-22(18,20)3/h4,7,13,16-19H,5-6,8-12H2,1-3H3/t16-,17-,18-,19-,21-,22-/m0/s1. The molecule has 0 radical (unpaired) electrons. The maximum absolute atomic E-state index is 11.5. The molecule has 0 N–H and O–H groups in total. The van der Waals surface area contributed by atoms with E-state index in [0.717, 1.165) is 44.3 Å². The van der Waals surface area contributed by atoms with Crippen molar-refractivity contribution in [2.45, 2.75) is 71.8 Å². The van der Waals surface area contributed by atoms with E-state index in [4.69, 9.17) is 9.47 Å². The van der Waals surface area contributed by atoms with E-state index in [1.165, 1.54) is 18.9 Å². The van der Waals surface area contributed by atoms with Gasteiger partial charge in [0.25, 0.3) is 6.47 Å². The van der Waals surface area contributed by atoms with E-state index >= 15 is 0 Å². The number of fused-ring (bicyclic) bond motifs is 5. The average molecular weight is 358 g/mol. The van der Waals surface area contributed by atoms with Gasteiger partial charge in [0.15, 0.2) is 0 Å². The second-order valence-electron chi connectivity index (χ2n) is 9.21. The molecule has 0 aliphatic heterocycles. The first-order valence-corrected chi connectivity index (χ1v) is 10.1. The number of carbonyl (C=O) groups is 2. The molecule has 2 saturated carbocycles. The van der Waals surface area contributed by atoms with Crippen molar-refractivity contribution in [2.24, 2.45) is 28.6 Å². The van der Waals surface area contributed by atoms with Crippen LogP contribution in [0.4, 0.5) is 0 Å². The highest BCUT2D eigenvalue weighted by atomic mass is 16.5. The van der Waals surface area contributed by atoms with Crippen molar-refractivity contribution in [1.29, 1.82) is 0 Å². The lowest BCUT2D eigenvalue weighted by Gasteiger charge is -2.57. The number of hydrogen-bond donors (Lipinski definition) is 0. The molecule has 0 bridgehead atoms. The van der Waals surface area contributed by atoms with Gasteiger partial charge in [0.2, 0.25) is 0 Å². The van der Waals surface area contributed by atoms with E-state index in [-0.39, 0.29) is 22.9 Å². The predicted molar refractivity (Wildman–Crippen MR) is 97.9 cm³/mol. The molecule has 0 aromatic carbocycles. The first-order valence-electron chi connectivity index (χ1n) is 10.1. The molecular weight excluding hydrogens is 328 g/mol. The number of hydrogen-bond acceptors (Lipinski definition) is 4. The normalized spacial score (nSPS) is 44.0. The lowest BCUT2D eigenvalue weighted by Crippen LogP contribution is -2.50. The van der Waals surface area contributed by atoms with Gasteiger partial charge in [-0.1, -0.05) is 25.5 Å². The van der Waals surface area contributed by atoms with Crippen LogP contribution in [0.25, 0.3) is 0 Å². The van der Waals surface area contributed by atoms with Crippen LogP contribution in [0.1, 0.15) is 65.7 Å². The van der Waals surface area contributed by atoms with Gasteiger partial charge in [-0.05, 0) is 67.8 Å². The van der Waals surface area contributed by atoms with Crippen molar-refractivity contribution in [2.75, 3.05) is 0 Å². The number of carbonyl (C=O) groups excluding carboxylic acids is 2. The largest absolute Gasteiger partial charge is 0.464 e. The molecule has 0 heterocycles. The van der Waals surface area contributed by atoms with Gasteiger partial charge in [0.1, 0.15) is 11.9 Å². The van der Waals surface area contributed by atoms with Crippen LogP contribution in [-0.2, 0) is 19.1 Å². The Morgan fingerprint density at radius 1 is 1.12 bits per heavy atom. The van der Waals surface area contributed by atoms with Crippen LogP contribution in [0.2, 0.25) is 0 Å². The van der Waals surface area contributed by atoms with Gasteiger partial charge in [0, 0.05) is 18.8 Å². The summed E-state index contributed by atoms with van der Waals surface area (Å²) in [6.45, 7) is 6.84. The smallest absolute Gasteiger partial charge is 0.307 e. The Morgan fingerprint density at radius 2 is 1.88 bits per heavy atom. The molecule has 4 heteroatoms. The summed E-state index contributed by atoms with van der Waals surface area (Å²) in [6.07, 6.45) is 12.0. The number of allylic oxidation sites excluding steroid dienone is 3. The highest BCUT2D eigenvalue weighted by Crippen LogP contribution is 2.65. The van der Waals surface area contributed by atoms with Gasteiger partial charge in [-0.3, -0.25) is 9.59 Å². The van der Waals surface area contributed by atoms with Crippen molar-refractivity contribution in [3.63, 3.8) is 0 Å². The molecule has 4 rings (SSSR count). The number of esters is 1. The molecule has 0 aromatic heterocycles. The predicted octanol–water partition coefficient (Wildman–Crippen LogP) is 4.55. The van der Waals surface area contributed by atoms with Crippen LogP contribution in [0, 0.1) is 28.6 Å². The first kappa shape index (κ1) is 17.8. The second-order valence-corrected chi connectivity index (χ2v) is 9.21. The fourth-order valence-corrected chi connectivity index (χ4v) is 6.66. The molecule has 26 heavy (non-hydrogen) atoms. The van der Waals surface area contributed by atoms with Crippen molar-refractivity contribution in [1.82, 2.24) is 0 Å². The van der Waals surface area contributed by atoms with Crippen molar-refractivity contribution >= 4 is 12.4 Å². The minimum absolute atomic E-state index is 0.00632. The molecule has 0 saturated heterocycles. The van der Waals surface area contributed by atoms with E-state index in [2.05, 4.69) is 26.0 Å². The molecule has 4 aliphatic carbocycles. The van der Waals surface area contributed by atoms with Crippen LogP contribution < -0.4 is 0 Å². The summed E-state index contributed by atoms with van der Waals surface area (Å²) in [5.41, 5.74) is 1.75. The Morgan fingerprint density at radius 3 is 2.62 bits per heavy atom. The molecule has 4 nitrogen and oxygen atoms in total. The van der Waals surface area contributed by atoms with Crippen LogP contribution >= 0.6 is 0 Å². The van der Waals surface area contributed by atoms with E-state index in [9.17, 15) is 9.59 Å². The van der Waals surface area contributed by atoms with Crippen LogP contribution in [0.15, 0.2) is 23.5 Å². The highest BCUT2D eigenvalue weighted by Gasteiger charge is 2.57. The molecule has 4 aliphatic rings. The Kier molecular flexibility index (Phi) is 4.28. The molecule has 6 atom stereocenters. The Labute approximate surface area is 156 Å². The lowest BCUT2D eigenvalue weighted by molar-refractivity contribution is -0.140. The molecule has 0 amide bonds. The molecule has 0 spiro atoms. The van der Waals surface area contributed by atoms with Crippen molar-refractivity contribution < 1.29 is 19.1 Å². The molecular formula is C22H30O4. The Hall–Kier alpha value is -1.58. The average Bonchev–Trinajstić information content (AvgIpc) is 2.91. The SMILES string of the molecule is CC(=O)OC1=CC[C@H]2[C@@H]3CC=C4C[C@@H](OC=O)CC[C@]4(C)[C@H]3CC[C@]12C. The van der Waals surface area contributed by atoms with Gasteiger partial charge in [-0.15, -0.1) is 0 Å². The van der Waals surface area contributed by atoms with E-state index in [0.29, 0.717) is 24.2 Å². The third-order valence-corrected chi connectivity index (χ3v) is 8.07. The monoisotopic (exact) mass is 358 g/mol. The van der Waals surface area contributed by atoms with Crippen LogP contribution in [-0.4, -0.2) is 18.5 Å². The fraction of sp³-hybridized carbons (Fsp3) is 0.727. The van der Waals surface area contributed by atoms with Gasteiger partial charge in [-0.25, -0.2) is 0 Å². The molecule has 0 unspecified atom stereocenters. The maximum Gasteiger partial charge on any atom is 0.307 e. The Balaban J connectivity index is 1.58. The van der Waals surface area contributed by atoms with Crippen LogP contribution in [0.5, 0.6) is 0 Å². The Bertz CT molecular complexity index is 678. The van der Waals surface area contributed by atoms with Gasteiger partial charge in [0.05, 0.1) is 0 Å². The summed E-state index contributed by atoms with van der Waals surface area (Å²) in [6, 6.07) is 0. The minimum atomic E-state index is -0.202. The number of rotatable bonds is 3. The molecule has 0 aromatic rings. The summed E-state index contributed by atoms with van der Waals surface area (Å²) in [5.74, 6) is 2.61. The van der Waals surface area contributed by atoms with Crippen molar-refractivity contribution in [3.05, 3.63) is 23.5 Å². The molecule has 142 valence electrons. The summed E-state index contributed by atoms with van der Waals surface area (Å²) in [7, 11) is 0. The van der Waals surface area contributed by atoms with E-state index in [1.54, 1.807) is 0 Å². The zero-order chi connectivity index (χ0) is 18.5. The van der Waals surface area contributed by atoms with Gasteiger partial charge >= 0.3 is 5.97 Å². The summed E-state index contributed by atoms with van der Waals surface area (Å²) < 4.78 is 10.9. The lowest BCUT2D eigenvalue weighted by atomic mass is 9.48. The topological polar surface area (TPSA) is 52.6 Å². The van der Waals surface area contributed by atoms with Gasteiger partial charge < -0.3 is 9.47 Å². The van der Waals surface area contributed by atoms with Crippen LogP contribution in [0.3, 0.4) is 0 Å². The first-order chi connectivity index (χ1) is 12.4. The third kappa shape index (κ3) is 2.56. The fourth-order valence-electron chi connectivity index (χ4n) is 6.66. The van der Waals surface area contributed by atoms with Crippen molar-refractivity contribution in [3.8, 4) is 0 Å². The highest BCUT2D eigenvalue weighted by molar-refractivity contribution is 5.67.